The SMILES string of the molecule is CCCC[C](CCCC)(CCCC)[Sn][c]1nccn1COCC[Si](C)(C)C. The van der Waals surface area contributed by atoms with Crippen molar-refractivity contribution >= 4 is 33.1 Å². The monoisotopic (exact) mass is 500 g/mol. The molecule has 0 amide bonds. The first kappa shape index (κ1) is 25.2. The summed E-state index contributed by atoms with van der Waals surface area (Å²) in [5, 5.41) is 0. The van der Waals surface area contributed by atoms with Crippen LogP contribution in [0.25, 0.3) is 0 Å². The molecular weight excluding hydrogens is 455 g/mol. The fraction of sp³-hybridized carbons (Fsp3) is 0.864. The molecule has 0 fully saturated rings. The third kappa shape index (κ3) is 10.5. The van der Waals surface area contributed by atoms with Crippen LogP contribution in [0.1, 0.15) is 78.6 Å². The van der Waals surface area contributed by atoms with Gasteiger partial charge in [0.05, 0.1) is 0 Å². The van der Waals surface area contributed by atoms with Gasteiger partial charge in [0.25, 0.3) is 0 Å². The van der Waals surface area contributed by atoms with Crippen molar-refractivity contribution in [1.29, 1.82) is 0 Å². The van der Waals surface area contributed by atoms with Gasteiger partial charge in [-0.15, -0.1) is 0 Å². The number of unbranched alkanes of at least 4 members (excludes halogenated alkanes) is 3. The van der Waals surface area contributed by atoms with Crippen LogP contribution in [-0.2, 0) is 11.5 Å². The maximum atomic E-state index is 6.04. The Hall–Kier alpha value is 0.186. The molecule has 0 saturated heterocycles. The van der Waals surface area contributed by atoms with Gasteiger partial charge in [-0.1, -0.05) is 0 Å². The van der Waals surface area contributed by atoms with Crippen LogP contribution in [0.4, 0.5) is 0 Å². The molecule has 0 unspecified atom stereocenters. The molecule has 0 aliphatic rings. The number of rotatable bonds is 16. The Morgan fingerprint density at radius 1 is 1.00 bits per heavy atom. The van der Waals surface area contributed by atoms with Gasteiger partial charge in [-0.3, -0.25) is 0 Å². The zero-order chi connectivity index (χ0) is 20.2. The zero-order valence-electron chi connectivity index (χ0n) is 18.9. The molecule has 0 N–H and O–H groups in total. The van der Waals surface area contributed by atoms with E-state index in [0.717, 1.165) is 6.61 Å². The third-order valence-corrected chi connectivity index (χ3v) is 12.5. The fourth-order valence-corrected chi connectivity index (χ4v) is 9.32. The molecule has 0 bridgehead atoms. The number of hydrogen-bond donors (Lipinski definition) is 0. The molecule has 1 heterocycles. The Balaban J connectivity index is 2.79. The van der Waals surface area contributed by atoms with Gasteiger partial charge in [0.1, 0.15) is 0 Å². The topological polar surface area (TPSA) is 27.1 Å². The predicted octanol–water partition coefficient (Wildman–Crippen LogP) is 6.25. The summed E-state index contributed by atoms with van der Waals surface area (Å²) in [5.74, 6) is 0. The number of nitrogens with zero attached hydrogens (tertiary/aromatic N) is 2. The van der Waals surface area contributed by atoms with Crippen molar-refractivity contribution in [3.05, 3.63) is 12.4 Å². The van der Waals surface area contributed by atoms with Gasteiger partial charge < -0.3 is 0 Å². The van der Waals surface area contributed by atoms with Crippen LogP contribution in [-0.4, -0.2) is 45.4 Å². The average Bonchev–Trinajstić information content (AvgIpc) is 3.06. The first-order chi connectivity index (χ1) is 12.9. The maximum absolute atomic E-state index is 6.04. The second-order valence-electron chi connectivity index (χ2n) is 9.28. The average molecular weight is 499 g/mol. The van der Waals surface area contributed by atoms with E-state index < -0.39 is 29.2 Å². The van der Waals surface area contributed by atoms with E-state index in [-0.39, 0.29) is 0 Å². The first-order valence-corrected chi connectivity index (χ1v) is 17.8. The molecular formula is C22H44N2OSiSn. The normalized spacial score (nSPS) is 12.7. The standard InChI is InChI=1S/C13H27.C9H17N2OSi.Sn/c1-4-7-10-13(11-8-5-2)12-9-6-3;1-13(2,3)7-6-12-9-11-5-4-10-8-11;/h4-12H2,1-3H3;4-5H,6-7,9H2,1-3H3;. The van der Waals surface area contributed by atoms with Crippen LogP contribution < -0.4 is 3.84 Å². The zero-order valence-corrected chi connectivity index (χ0v) is 22.8. The summed E-state index contributed by atoms with van der Waals surface area (Å²) in [7, 11) is -1.02. The summed E-state index contributed by atoms with van der Waals surface area (Å²) in [5.41, 5.74) is 0. The Morgan fingerprint density at radius 3 is 2.04 bits per heavy atom. The molecule has 1 aromatic heterocycles. The minimum absolute atomic E-state index is 0.590. The molecule has 0 spiro atoms. The van der Waals surface area contributed by atoms with E-state index in [9.17, 15) is 0 Å². The number of hydrogen-bond acceptors (Lipinski definition) is 2. The van der Waals surface area contributed by atoms with Crippen molar-refractivity contribution in [2.75, 3.05) is 6.61 Å². The predicted molar refractivity (Wildman–Crippen MR) is 123 cm³/mol. The molecule has 0 aliphatic heterocycles. The van der Waals surface area contributed by atoms with Crippen LogP contribution in [0.3, 0.4) is 0 Å². The second kappa shape index (κ2) is 13.4. The molecule has 0 aromatic carbocycles. The molecule has 5 heteroatoms. The van der Waals surface area contributed by atoms with Gasteiger partial charge in [-0.05, 0) is 0 Å². The van der Waals surface area contributed by atoms with E-state index in [1.54, 1.807) is 0 Å². The molecule has 27 heavy (non-hydrogen) atoms. The van der Waals surface area contributed by atoms with Crippen molar-refractivity contribution in [3.8, 4) is 0 Å². The quantitative estimate of drug-likeness (QED) is 0.199. The summed E-state index contributed by atoms with van der Waals surface area (Å²) in [6, 6.07) is 1.24. The molecule has 0 aliphatic carbocycles. The van der Waals surface area contributed by atoms with Gasteiger partial charge in [0.2, 0.25) is 0 Å². The number of aromatic nitrogens is 2. The van der Waals surface area contributed by atoms with Crippen molar-refractivity contribution in [3.63, 3.8) is 0 Å². The van der Waals surface area contributed by atoms with E-state index in [1.807, 2.05) is 6.20 Å². The summed E-state index contributed by atoms with van der Waals surface area (Å²) in [6.07, 6.45) is 16.5. The van der Waals surface area contributed by atoms with Crippen LogP contribution >= 0.6 is 0 Å². The van der Waals surface area contributed by atoms with Gasteiger partial charge in [-0.25, -0.2) is 0 Å². The molecule has 3 nitrogen and oxygen atoms in total. The number of imidazole rings is 1. The van der Waals surface area contributed by atoms with Crippen molar-refractivity contribution in [2.24, 2.45) is 0 Å². The van der Waals surface area contributed by atoms with Crippen LogP contribution in [0.2, 0.25) is 29.1 Å². The van der Waals surface area contributed by atoms with E-state index >= 15 is 0 Å². The van der Waals surface area contributed by atoms with E-state index in [1.165, 1.54) is 67.7 Å². The van der Waals surface area contributed by atoms with Gasteiger partial charge in [0, 0.05) is 0 Å². The van der Waals surface area contributed by atoms with Crippen LogP contribution in [0.5, 0.6) is 0 Å². The summed E-state index contributed by atoms with van der Waals surface area (Å²) in [4.78, 5) is 4.82. The Morgan fingerprint density at radius 2 is 1.56 bits per heavy atom. The summed E-state index contributed by atoms with van der Waals surface area (Å²) >= 11 is -0.778. The first-order valence-electron chi connectivity index (χ1n) is 11.2. The molecule has 0 saturated carbocycles. The van der Waals surface area contributed by atoms with Crippen molar-refractivity contribution < 1.29 is 4.74 Å². The summed E-state index contributed by atoms with van der Waals surface area (Å²) in [6.45, 7) is 15.8. The van der Waals surface area contributed by atoms with Gasteiger partial charge >= 0.3 is 181 Å². The van der Waals surface area contributed by atoms with E-state index in [4.69, 9.17) is 9.72 Å². The van der Waals surface area contributed by atoms with E-state index in [2.05, 4.69) is 51.2 Å². The minimum atomic E-state index is -1.02. The Bertz CT molecular complexity index is 477. The Kier molecular flexibility index (Phi) is 12.5. The van der Waals surface area contributed by atoms with Crippen LogP contribution in [0, 0.1) is 0 Å². The van der Waals surface area contributed by atoms with Gasteiger partial charge in [0.15, 0.2) is 0 Å². The molecule has 1 rings (SSSR count). The van der Waals surface area contributed by atoms with E-state index in [0.29, 0.717) is 10.2 Å². The van der Waals surface area contributed by atoms with Gasteiger partial charge in [-0.2, -0.15) is 0 Å². The van der Waals surface area contributed by atoms with Crippen LogP contribution in [0.15, 0.2) is 12.4 Å². The second-order valence-corrected chi connectivity index (χ2v) is 19.9. The summed E-state index contributed by atoms with van der Waals surface area (Å²) < 4.78 is 10.4. The van der Waals surface area contributed by atoms with Crippen molar-refractivity contribution in [2.45, 2.75) is 114 Å². The van der Waals surface area contributed by atoms with Crippen molar-refractivity contribution in [1.82, 2.24) is 9.55 Å². The molecule has 2 radical (unpaired) electrons. The Labute approximate surface area is 180 Å². The fourth-order valence-electron chi connectivity index (χ4n) is 3.42. The molecule has 1 aromatic rings. The molecule has 156 valence electrons. The number of ether oxygens (including phenoxy) is 1. The molecule has 0 atom stereocenters. The third-order valence-electron chi connectivity index (χ3n) is 5.35.